The van der Waals surface area contributed by atoms with Gasteiger partial charge in [-0.2, -0.15) is 0 Å². The van der Waals surface area contributed by atoms with Gasteiger partial charge < -0.3 is 79.9 Å². The van der Waals surface area contributed by atoms with Crippen LogP contribution in [0.4, 0.5) is 4.79 Å². The average Bonchev–Trinajstić information content (AvgIpc) is 3.01. The fourth-order valence-corrected chi connectivity index (χ4v) is 5.61. The van der Waals surface area contributed by atoms with Gasteiger partial charge in [0.1, 0.15) is 36.6 Å². The van der Waals surface area contributed by atoms with E-state index in [1.165, 1.54) is 4.90 Å². The summed E-state index contributed by atoms with van der Waals surface area (Å²) < 4.78 is 34.2. The van der Waals surface area contributed by atoms with Crippen LogP contribution < -0.4 is 16.0 Å². The fraction of sp³-hybridized carbons (Fsp3) is 0.923. The smallest absolute Gasteiger partial charge is 0.319 e. The third kappa shape index (κ3) is 8.93. The summed E-state index contributed by atoms with van der Waals surface area (Å²) >= 11 is 0. The zero-order valence-corrected chi connectivity index (χ0v) is 24.4. The molecule has 0 radical (unpaired) electrons. The molecule has 0 aromatic rings. The van der Waals surface area contributed by atoms with Crippen LogP contribution in [0.25, 0.3) is 0 Å². The predicted octanol–water partition coefficient (Wildman–Crippen LogP) is -5.93. The van der Waals surface area contributed by atoms with Crippen molar-refractivity contribution in [3.05, 3.63) is 0 Å². The lowest BCUT2D eigenvalue weighted by Gasteiger charge is -2.50. The maximum absolute atomic E-state index is 13.3. The van der Waals surface area contributed by atoms with Gasteiger partial charge in [-0.25, -0.2) is 4.79 Å². The lowest BCUT2D eigenvalue weighted by molar-refractivity contribution is -0.286. The van der Waals surface area contributed by atoms with E-state index >= 15 is 0 Å². The molecule has 0 aromatic heterocycles. The number of carbonyl (C=O) groups excluding carboxylic acids is 2. The molecule has 0 aromatic carbocycles. The van der Waals surface area contributed by atoms with E-state index in [4.69, 9.17) is 28.4 Å². The van der Waals surface area contributed by atoms with E-state index in [1.54, 1.807) is 0 Å². The second-order valence-corrected chi connectivity index (χ2v) is 11.0. The van der Waals surface area contributed by atoms with Gasteiger partial charge in [-0.05, 0) is 0 Å². The summed E-state index contributed by atoms with van der Waals surface area (Å²) in [6, 6.07) is -0.671. The van der Waals surface area contributed by atoms with Crippen LogP contribution in [-0.2, 0) is 33.2 Å². The van der Waals surface area contributed by atoms with E-state index in [0.29, 0.717) is 19.8 Å². The van der Waals surface area contributed by atoms with Gasteiger partial charge in [0.2, 0.25) is 0 Å². The number of carbonyl (C=O) groups is 2. The minimum absolute atomic E-state index is 0.0470. The first-order valence-electron chi connectivity index (χ1n) is 14.9. The van der Waals surface area contributed by atoms with Gasteiger partial charge >= 0.3 is 6.03 Å². The Morgan fingerprint density at radius 1 is 0.750 bits per heavy atom. The van der Waals surface area contributed by atoms with Crippen molar-refractivity contribution in [1.82, 2.24) is 20.9 Å². The van der Waals surface area contributed by atoms with Crippen molar-refractivity contribution < 1.29 is 68.6 Å². The van der Waals surface area contributed by atoms with Gasteiger partial charge in [-0.3, -0.25) is 4.79 Å². The molecular formula is C26H46N4O14. The molecule has 18 heteroatoms. The Labute approximate surface area is 254 Å². The molecule has 5 rings (SSSR count). The SMILES string of the molecule is O=C1NC[C@H]2O[C@H]([C@H](O)[C@@H](O)[C@@H]2O)[C@H]2[C@H](O)[C@@H](O)[C@H](NC(=O)N3CCOCCOCCNCC1OCCOCC3)O[C@@H]2CO. The maximum Gasteiger partial charge on any atom is 0.319 e. The summed E-state index contributed by atoms with van der Waals surface area (Å²) in [7, 11) is 0. The van der Waals surface area contributed by atoms with Crippen molar-refractivity contribution in [2.75, 3.05) is 85.6 Å². The van der Waals surface area contributed by atoms with Gasteiger partial charge in [0.05, 0.1) is 71.2 Å². The van der Waals surface area contributed by atoms with Gasteiger partial charge in [-0.15, -0.1) is 0 Å². The zero-order chi connectivity index (χ0) is 31.6. The van der Waals surface area contributed by atoms with Gasteiger partial charge in [0.25, 0.3) is 5.91 Å². The summed E-state index contributed by atoms with van der Waals surface area (Å²) in [5.74, 6) is -1.87. The first kappa shape index (κ1) is 35.1. The highest BCUT2D eigenvalue weighted by atomic mass is 16.6. The number of ether oxygens (including phenoxy) is 6. The molecule has 5 saturated heterocycles. The lowest BCUT2D eigenvalue weighted by atomic mass is 9.78. The summed E-state index contributed by atoms with van der Waals surface area (Å²) in [5.41, 5.74) is 0. The molecule has 18 nitrogen and oxygen atoms in total. The highest BCUT2D eigenvalue weighted by Crippen LogP contribution is 2.35. The minimum Gasteiger partial charge on any atom is -0.394 e. The number of hydrogen-bond donors (Lipinski definition) is 9. The normalized spacial score (nSPS) is 41.3. The van der Waals surface area contributed by atoms with Crippen LogP contribution in [0.3, 0.4) is 0 Å². The molecule has 5 aliphatic rings. The van der Waals surface area contributed by atoms with E-state index in [1.807, 2.05) is 0 Å². The Kier molecular flexibility index (Phi) is 13.7. The molecule has 44 heavy (non-hydrogen) atoms. The number of amides is 3. The number of hydrogen-bond acceptors (Lipinski definition) is 15. The second-order valence-electron chi connectivity index (χ2n) is 11.0. The number of fused-ring (bicyclic) bond motifs is 5. The predicted molar refractivity (Wildman–Crippen MR) is 146 cm³/mol. The molecule has 1 unspecified atom stereocenters. The van der Waals surface area contributed by atoms with Crippen molar-refractivity contribution >= 4 is 11.9 Å². The second kappa shape index (κ2) is 17.2. The minimum atomic E-state index is -1.77. The highest BCUT2D eigenvalue weighted by Gasteiger charge is 2.55. The molecule has 0 saturated carbocycles. The van der Waals surface area contributed by atoms with E-state index in [-0.39, 0.29) is 59.2 Å². The third-order valence-electron chi connectivity index (χ3n) is 8.12. The molecule has 5 heterocycles. The third-order valence-corrected chi connectivity index (χ3v) is 8.12. The molecule has 6 bridgehead atoms. The van der Waals surface area contributed by atoms with Crippen LogP contribution in [0.5, 0.6) is 0 Å². The van der Waals surface area contributed by atoms with Crippen LogP contribution >= 0.6 is 0 Å². The largest absolute Gasteiger partial charge is 0.394 e. The van der Waals surface area contributed by atoms with Gasteiger partial charge in [-0.1, -0.05) is 0 Å². The van der Waals surface area contributed by atoms with E-state index in [2.05, 4.69) is 16.0 Å². The van der Waals surface area contributed by atoms with Gasteiger partial charge in [0.15, 0.2) is 6.23 Å². The number of aliphatic hydroxyl groups excluding tert-OH is 6. The summed E-state index contributed by atoms with van der Waals surface area (Å²) in [5, 5.41) is 72.6. The fourth-order valence-electron chi connectivity index (χ4n) is 5.61. The average molecular weight is 639 g/mol. The van der Waals surface area contributed by atoms with Crippen molar-refractivity contribution in [2.24, 2.45) is 5.92 Å². The van der Waals surface area contributed by atoms with Crippen LogP contribution in [-0.4, -0.2) is 194 Å². The molecule has 11 atom stereocenters. The molecular weight excluding hydrogens is 592 g/mol. The van der Waals surface area contributed by atoms with E-state index < -0.39 is 85.6 Å². The topological polar surface area (TPSA) is 250 Å². The molecule has 5 fully saturated rings. The molecule has 5 aliphatic heterocycles. The molecule has 254 valence electrons. The zero-order valence-electron chi connectivity index (χ0n) is 24.4. The monoisotopic (exact) mass is 638 g/mol. The Bertz CT molecular complexity index is 905. The first-order chi connectivity index (χ1) is 21.2. The van der Waals surface area contributed by atoms with E-state index in [0.717, 1.165) is 0 Å². The van der Waals surface area contributed by atoms with Crippen molar-refractivity contribution in [2.45, 2.75) is 61.2 Å². The summed E-state index contributed by atoms with van der Waals surface area (Å²) in [6.07, 6.45) is -15.1. The van der Waals surface area contributed by atoms with Crippen LogP contribution in [0.2, 0.25) is 0 Å². The summed E-state index contributed by atoms with van der Waals surface area (Å²) in [6.45, 7) is 1.07. The Balaban J connectivity index is 1.62. The Morgan fingerprint density at radius 3 is 2.14 bits per heavy atom. The van der Waals surface area contributed by atoms with Gasteiger partial charge in [0, 0.05) is 38.6 Å². The highest BCUT2D eigenvalue weighted by molar-refractivity contribution is 5.81. The van der Waals surface area contributed by atoms with Crippen LogP contribution in [0.1, 0.15) is 0 Å². The quantitative estimate of drug-likeness (QED) is 0.130. The van der Waals surface area contributed by atoms with Crippen LogP contribution in [0.15, 0.2) is 0 Å². The molecule has 9 N–H and O–H groups in total. The Hall–Kier alpha value is -1.78. The Morgan fingerprint density at radius 2 is 1.43 bits per heavy atom. The van der Waals surface area contributed by atoms with Crippen molar-refractivity contribution in [1.29, 1.82) is 0 Å². The molecule has 0 spiro atoms. The molecule has 3 amide bonds. The standard InChI is InChI=1S/C26H46N4O14/c31-13-16-17-19(33)22(36)25(44-16)29-26(38)30-2-5-40-8-7-39-4-1-27-11-15(42-10-9-41-6-3-30)24(37)28-12-14-18(32)20(34)21(35)23(17)43-14/h14-23,25,27,31-36H,1-13H2,(H,28,37)(H,29,38)/t14-,15?,16-,17-,18-,19+,20+,21-,22-,23+,25-/m1/s1. The van der Waals surface area contributed by atoms with Crippen molar-refractivity contribution in [3.8, 4) is 0 Å². The number of rotatable bonds is 1. The van der Waals surface area contributed by atoms with Crippen molar-refractivity contribution in [3.63, 3.8) is 0 Å². The van der Waals surface area contributed by atoms with E-state index in [9.17, 15) is 40.2 Å². The molecule has 0 aliphatic carbocycles. The number of urea groups is 1. The number of nitrogens with one attached hydrogen (secondary N) is 3. The van der Waals surface area contributed by atoms with Crippen LogP contribution in [0, 0.1) is 5.92 Å². The summed E-state index contributed by atoms with van der Waals surface area (Å²) in [4.78, 5) is 27.8. The number of aliphatic hydroxyl groups is 6. The lowest BCUT2D eigenvalue weighted by Crippen LogP contribution is -2.69. The maximum atomic E-state index is 13.3. The number of nitrogens with zero attached hydrogens (tertiary/aromatic N) is 1. The first-order valence-corrected chi connectivity index (χ1v) is 14.9.